The number of aromatic nitrogens is 2. The molecule has 1 N–H and O–H groups in total. The lowest BCUT2D eigenvalue weighted by Gasteiger charge is -2.10. The molecule has 0 fully saturated rings. The topological polar surface area (TPSA) is 64.1 Å². The Morgan fingerprint density at radius 3 is 2.95 bits per heavy atom. The summed E-state index contributed by atoms with van der Waals surface area (Å²) in [4.78, 5) is 19.2. The first-order valence-corrected chi connectivity index (χ1v) is 5.54. The fourth-order valence-electron chi connectivity index (χ4n) is 1.56. The van der Waals surface area contributed by atoms with Gasteiger partial charge in [-0.05, 0) is 18.6 Å². The molecule has 2 aromatic rings. The summed E-state index contributed by atoms with van der Waals surface area (Å²) in [7, 11) is 1.26. The smallest absolute Gasteiger partial charge is 0.343 e. The van der Waals surface area contributed by atoms with Gasteiger partial charge in [0.1, 0.15) is 23.5 Å². The van der Waals surface area contributed by atoms with Crippen LogP contribution in [-0.4, -0.2) is 23.0 Å². The summed E-state index contributed by atoms with van der Waals surface area (Å²) >= 11 is 0. The Kier molecular flexibility index (Phi) is 3.70. The van der Waals surface area contributed by atoms with E-state index in [1.54, 1.807) is 25.1 Å². The number of ether oxygens (including phenoxy) is 1. The molecule has 1 heterocycles. The molecular formula is C13H12FN3O2. The van der Waals surface area contributed by atoms with Crippen molar-refractivity contribution in [2.24, 2.45) is 0 Å². The highest BCUT2D eigenvalue weighted by Gasteiger charge is 2.15. The van der Waals surface area contributed by atoms with Gasteiger partial charge in [0.2, 0.25) is 0 Å². The second kappa shape index (κ2) is 5.43. The summed E-state index contributed by atoms with van der Waals surface area (Å²) in [6.07, 6.45) is 2.58. The summed E-state index contributed by atoms with van der Waals surface area (Å²) in [6.45, 7) is 1.65. The fraction of sp³-hybridized carbons (Fsp3) is 0.154. The Balaban J connectivity index is 2.39. The molecule has 0 unspecified atom stereocenters. The molecule has 0 atom stereocenters. The van der Waals surface area contributed by atoms with E-state index >= 15 is 0 Å². The number of anilines is 2. The molecule has 0 amide bonds. The van der Waals surface area contributed by atoms with Crippen LogP contribution in [0.25, 0.3) is 0 Å². The number of aryl methyl sites for hydroxylation is 1. The molecule has 0 bridgehead atoms. The first-order valence-electron chi connectivity index (χ1n) is 5.54. The van der Waals surface area contributed by atoms with Gasteiger partial charge in [-0.25, -0.2) is 19.2 Å². The van der Waals surface area contributed by atoms with Crippen LogP contribution in [0.5, 0.6) is 0 Å². The summed E-state index contributed by atoms with van der Waals surface area (Å²) < 4.78 is 18.5. The van der Waals surface area contributed by atoms with Crippen LogP contribution in [0.1, 0.15) is 15.9 Å². The quantitative estimate of drug-likeness (QED) is 0.860. The Labute approximate surface area is 109 Å². The number of nitrogens with one attached hydrogen (secondary N) is 1. The van der Waals surface area contributed by atoms with Crippen LogP contribution in [-0.2, 0) is 4.74 Å². The van der Waals surface area contributed by atoms with Crippen LogP contribution in [0, 0.1) is 12.7 Å². The zero-order valence-corrected chi connectivity index (χ0v) is 10.5. The van der Waals surface area contributed by atoms with Crippen LogP contribution >= 0.6 is 0 Å². The highest BCUT2D eigenvalue weighted by molar-refractivity contribution is 5.94. The molecule has 1 aromatic carbocycles. The van der Waals surface area contributed by atoms with Crippen molar-refractivity contribution in [3.8, 4) is 0 Å². The number of hydrogen-bond donors (Lipinski definition) is 1. The van der Waals surface area contributed by atoms with Gasteiger partial charge >= 0.3 is 5.97 Å². The molecule has 19 heavy (non-hydrogen) atoms. The van der Waals surface area contributed by atoms with Crippen molar-refractivity contribution in [3.63, 3.8) is 0 Å². The first kappa shape index (κ1) is 12.9. The van der Waals surface area contributed by atoms with Crippen molar-refractivity contribution in [3.05, 3.63) is 47.7 Å². The summed E-state index contributed by atoms with van der Waals surface area (Å²) in [6, 6.07) is 4.92. The zero-order valence-electron chi connectivity index (χ0n) is 10.5. The normalized spacial score (nSPS) is 10.1. The maximum Gasteiger partial charge on any atom is 0.343 e. The van der Waals surface area contributed by atoms with Crippen molar-refractivity contribution in [1.82, 2.24) is 9.97 Å². The van der Waals surface area contributed by atoms with Crippen molar-refractivity contribution in [2.75, 3.05) is 12.4 Å². The van der Waals surface area contributed by atoms with Crippen molar-refractivity contribution < 1.29 is 13.9 Å². The van der Waals surface area contributed by atoms with Gasteiger partial charge in [-0.3, -0.25) is 0 Å². The number of carbonyl (C=O) groups excluding carboxylic acids is 1. The van der Waals surface area contributed by atoms with E-state index in [4.69, 9.17) is 0 Å². The van der Waals surface area contributed by atoms with Gasteiger partial charge in [-0.2, -0.15) is 0 Å². The minimum absolute atomic E-state index is 0.144. The maximum absolute atomic E-state index is 13.9. The molecule has 0 aliphatic heterocycles. The van der Waals surface area contributed by atoms with Crippen molar-refractivity contribution in [2.45, 2.75) is 6.92 Å². The summed E-state index contributed by atoms with van der Waals surface area (Å²) in [5.74, 6) is -0.778. The number of rotatable bonds is 3. The minimum atomic E-state index is -0.587. The number of methoxy groups -OCH3 is 1. The number of benzene rings is 1. The lowest BCUT2D eigenvalue weighted by atomic mass is 10.2. The molecule has 5 nitrogen and oxygen atoms in total. The lowest BCUT2D eigenvalue weighted by Crippen LogP contribution is -2.08. The van der Waals surface area contributed by atoms with Gasteiger partial charge in [0, 0.05) is 6.20 Å². The lowest BCUT2D eigenvalue weighted by molar-refractivity contribution is 0.0601. The van der Waals surface area contributed by atoms with E-state index in [0.717, 1.165) is 0 Å². The van der Waals surface area contributed by atoms with Gasteiger partial charge < -0.3 is 10.1 Å². The van der Waals surface area contributed by atoms with E-state index in [2.05, 4.69) is 20.0 Å². The standard InChI is InChI=1S/C13H12FN3O2/c1-8-4-3-5-10(11(8)14)17-12-9(13(18)19-2)6-15-7-16-12/h3-7H,1-2H3,(H,15,16,17). The van der Waals surface area contributed by atoms with Gasteiger partial charge in [0.25, 0.3) is 0 Å². The molecule has 2 rings (SSSR count). The molecular weight excluding hydrogens is 249 g/mol. The van der Waals surface area contributed by atoms with Crippen molar-refractivity contribution >= 4 is 17.5 Å². The van der Waals surface area contributed by atoms with Gasteiger partial charge in [0.05, 0.1) is 12.8 Å². The predicted octanol–water partition coefficient (Wildman–Crippen LogP) is 2.45. The van der Waals surface area contributed by atoms with E-state index in [0.29, 0.717) is 5.56 Å². The van der Waals surface area contributed by atoms with Gasteiger partial charge in [0.15, 0.2) is 0 Å². The van der Waals surface area contributed by atoms with E-state index in [1.165, 1.54) is 19.6 Å². The monoisotopic (exact) mass is 261 g/mol. The highest BCUT2D eigenvalue weighted by Crippen LogP contribution is 2.22. The molecule has 6 heteroatoms. The van der Waals surface area contributed by atoms with Crippen LogP contribution in [0.3, 0.4) is 0 Å². The molecule has 0 spiro atoms. The van der Waals surface area contributed by atoms with Gasteiger partial charge in [-0.1, -0.05) is 12.1 Å². The number of halogens is 1. The molecule has 0 aliphatic carbocycles. The van der Waals surface area contributed by atoms with Gasteiger partial charge in [-0.15, -0.1) is 0 Å². The Bertz CT molecular complexity index is 617. The number of hydrogen-bond acceptors (Lipinski definition) is 5. The highest BCUT2D eigenvalue weighted by atomic mass is 19.1. The molecule has 1 aromatic heterocycles. The third kappa shape index (κ3) is 2.67. The molecule has 98 valence electrons. The number of carbonyl (C=O) groups is 1. The third-order valence-electron chi connectivity index (χ3n) is 2.56. The largest absolute Gasteiger partial charge is 0.465 e. The molecule has 0 saturated carbocycles. The van der Waals surface area contributed by atoms with E-state index in [-0.39, 0.29) is 17.1 Å². The molecule has 0 radical (unpaired) electrons. The second-order valence-corrected chi connectivity index (χ2v) is 3.84. The molecule has 0 saturated heterocycles. The van der Waals surface area contributed by atoms with Crippen LogP contribution in [0.4, 0.5) is 15.9 Å². The van der Waals surface area contributed by atoms with E-state index < -0.39 is 11.8 Å². The Morgan fingerprint density at radius 2 is 2.21 bits per heavy atom. The second-order valence-electron chi connectivity index (χ2n) is 3.84. The maximum atomic E-state index is 13.9. The van der Waals surface area contributed by atoms with Crippen LogP contribution in [0.2, 0.25) is 0 Å². The van der Waals surface area contributed by atoms with Crippen LogP contribution in [0.15, 0.2) is 30.7 Å². The summed E-state index contributed by atoms with van der Waals surface area (Å²) in [5, 5.41) is 2.77. The average molecular weight is 261 g/mol. The molecule has 0 aliphatic rings. The zero-order chi connectivity index (χ0) is 13.8. The Hall–Kier alpha value is -2.50. The van der Waals surface area contributed by atoms with E-state index in [1.807, 2.05) is 0 Å². The Morgan fingerprint density at radius 1 is 1.42 bits per heavy atom. The third-order valence-corrected chi connectivity index (χ3v) is 2.56. The minimum Gasteiger partial charge on any atom is -0.465 e. The summed E-state index contributed by atoms with van der Waals surface area (Å²) in [5.41, 5.74) is 0.883. The number of esters is 1. The van der Waals surface area contributed by atoms with Crippen molar-refractivity contribution in [1.29, 1.82) is 0 Å². The van der Waals surface area contributed by atoms with Crippen LogP contribution < -0.4 is 5.32 Å². The fourth-order valence-corrected chi connectivity index (χ4v) is 1.56. The van der Waals surface area contributed by atoms with E-state index in [9.17, 15) is 9.18 Å². The average Bonchev–Trinajstić information content (AvgIpc) is 2.43. The number of nitrogens with zero attached hydrogens (tertiary/aromatic N) is 2. The SMILES string of the molecule is COC(=O)c1cncnc1Nc1cccc(C)c1F. The first-order chi connectivity index (χ1) is 9.13. The predicted molar refractivity (Wildman–Crippen MR) is 67.8 cm³/mol.